The molecule has 4 rings (SSSR count). The molecule has 9 nitrogen and oxygen atoms in total. The van der Waals surface area contributed by atoms with Gasteiger partial charge in [-0.3, -0.25) is 14.4 Å². The highest BCUT2D eigenvalue weighted by Crippen LogP contribution is 2.39. The van der Waals surface area contributed by atoms with Gasteiger partial charge in [0.05, 0.1) is 18.8 Å². The summed E-state index contributed by atoms with van der Waals surface area (Å²) in [6, 6.07) is 23.1. The Hall–Kier alpha value is -3.70. The second-order valence-electron chi connectivity index (χ2n) is 10.8. The molecule has 0 saturated carbocycles. The average molecular weight is 620 g/mol. The van der Waals surface area contributed by atoms with Crippen LogP contribution in [0.3, 0.4) is 0 Å². The molecule has 0 spiro atoms. The molecule has 4 N–H and O–H groups in total. The number of aliphatic hydroxyl groups excluding tert-OH is 1. The maximum Gasteiger partial charge on any atom is 0.224 e. The smallest absolute Gasteiger partial charge is 0.224 e. The van der Waals surface area contributed by atoms with Gasteiger partial charge in [0.15, 0.2) is 6.29 Å². The zero-order valence-corrected chi connectivity index (χ0v) is 26.0. The van der Waals surface area contributed by atoms with Crippen molar-refractivity contribution in [2.45, 2.75) is 76.0 Å². The molecule has 1 aliphatic rings. The van der Waals surface area contributed by atoms with E-state index in [4.69, 9.17) is 9.47 Å². The largest absolute Gasteiger partial charge is 0.392 e. The number of rotatable bonds is 14. The van der Waals surface area contributed by atoms with E-state index in [2.05, 4.69) is 16.0 Å². The van der Waals surface area contributed by atoms with Crippen LogP contribution in [0, 0.1) is 0 Å². The highest BCUT2D eigenvalue weighted by atomic mass is 32.2. The molecule has 234 valence electrons. The van der Waals surface area contributed by atoms with E-state index in [1.54, 1.807) is 11.8 Å². The second-order valence-corrected chi connectivity index (χ2v) is 11.9. The topological polar surface area (TPSA) is 126 Å². The Balaban J connectivity index is 1.36. The third-order valence-corrected chi connectivity index (χ3v) is 8.29. The first kappa shape index (κ1) is 33.2. The van der Waals surface area contributed by atoms with Crippen molar-refractivity contribution in [2.24, 2.45) is 0 Å². The van der Waals surface area contributed by atoms with Crippen molar-refractivity contribution in [2.75, 3.05) is 22.9 Å². The molecule has 1 aliphatic heterocycles. The van der Waals surface area contributed by atoms with E-state index in [9.17, 15) is 19.5 Å². The van der Waals surface area contributed by atoms with Crippen LogP contribution in [0.2, 0.25) is 0 Å². The molecule has 1 saturated heterocycles. The lowest BCUT2D eigenvalue weighted by molar-refractivity contribution is -0.245. The van der Waals surface area contributed by atoms with Crippen LogP contribution >= 0.6 is 11.8 Å². The number of carbonyl (C=O) groups excluding carboxylic acids is 3. The summed E-state index contributed by atoms with van der Waals surface area (Å²) >= 11 is 1.68. The molecule has 44 heavy (non-hydrogen) atoms. The van der Waals surface area contributed by atoms with Crippen molar-refractivity contribution < 1.29 is 29.0 Å². The quantitative estimate of drug-likeness (QED) is 0.127. The van der Waals surface area contributed by atoms with Gasteiger partial charge < -0.3 is 30.5 Å². The van der Waals surface area contributed by atoms with Crippen LogP contribution in [0.4, 0.5) is 11.4 Å². The Morgan fingerprint density at radius 2 is 1.45 bits per heavy atom. The summed E-state index contributed by atoms with van der Waals surface area (Å²) in [6.45, 7) is 3.60. The Morgan fingerprint density at radius 1 is 0.795 bits per heavy atom. The number of anilines is 2. The van der Waals surface area contributed by atoms with Crippen LogP contribution in [-0.4, -0.2) is 41.2 Å². The molecule has 10 heteroatoms. The van der Waals surface area contributed by atoms with Crippen molar-refractivity contribution in [3.05, 3.63) is 89.5 Å². The van der Waals surface area contributed by atoms with Crippen LogP contribution < -0.4 is 16.0 Å². The molecule has 3 aromatic rings. The molecule has 1 heterocycles. The highest BCUT2D eigenvalue weighted by Gasteiger charge is 2.32. The van der Waals surface area contributed by atoms with E-state index in [1.807, 2.05) is 72.8 Å². The highest BCUT2D eigenvalue weighted by molar-refractivity contribution is 7.99. The first-order valence-electron chi connectivity index (χ1n) is 14.9. The Labute approximate surface area is 263 Å². The number of ether oxygens (including phenoxy) is 2. The lowest BCUT2D eigenvalue weighted by atomic mass is 10.0. The van der Waals surface area contributed by atoms with Gasteiger partial charge in [0.1, 0.15) is 0 Å². The van der Waals surface area contributed by atoms with Gasteiger partial charge in [-0.2, -0.15) is 0 Å². The van der Waals surface area contributed by atoms with Gasteiger partial charge in [0.25, 0.3) is 0 Å². The Kier molecular flexibility index (Phi) is 12.8. The van der Waals surface area contributed by atoms with Crippen molar-refractivity contribution in [1.82, 2.24) is 5.32 Å². The van der Waals surface area contributed by atoms with Crippen molar-refractivity contribution in [1.29, 1.82) is 0 Å². The van der Waals surface area contributed by atoms with Gasteiger partial charge in [0, 0.05) is 60.8 Å². The lowest BCUT2D eigenvalue weighted by Crippen LogP contribution is -2.31. The molecule has 3 aromatic carbocycles. The van der Waals surface area contributed by atoms with Gasteiger partial charge in [-0.15, -0.1) is 11.8 Å². The second kappa shape index (κ2) is 17.0. The predicted octanol–water partition coefficient (Wildman–Crippen LogP) is 6.11. The van der Waals surface area contributed by atoms with Gasteiger partial charge in [-0.25, -0.2) is 0 Å². The zero-order chi connectivity index (χ0) is 31.3. The molecular formula is C34H41N3O6S. The van der Waals surface area contributed by atoms with Crippen LogP contribution in [0.25, 0.3) is 0 Å². The van der Waals surface area contributed by atoms with E-state index >= 15 is 0 Å². The summed E-state index contributed by atoms with van der Waals surface area (Å²) in [6.07, 6.45) is 2.68. The van der Waals surface area contributed by atoms with Crippen molar-refractivity contribution in [3.8, 4) is 0 Å². The molecule has 0 aliphatic carbocycles. The van der Waals surface area contributed by atoms with Gasteiger partial charge >= 0.3 is 0 Å². The number of benzene rings is 3. The first-order chi connectivity index (χ1) is 21.3. The summed E-state index contributed by atoms with van der Waals surface area (Å²) in [7, 11) is 0. The first-order valence-corrected chi connectivity index (χ1v) is 15.9. The molecule has 0 bridgehead atoms. The third kappa shape index (κ3) is 10.8. The van der Waals surface area contributed by atoms with E-state index in [0.717, 1.165) is 46.5 Å². The number of amides is 3. The minimum absolute atomic E-state index is 0.0149. The summed E-state index contributed by atoms with van der Waals surface area (Å²) in [5.41, 5.74) is 4.18. The summed E-state index contributed by atoms with van der Waals surface area (Å²) < 4.78 is 12.9. The van der Waals surface area contributed by atoms with Crippen LogP contribution in [0.5, 0.6) is 0 Å². The van der Waals surface area contributed by atoms with Gasteiger partial charge in [-0.05, 0) is 60.4 Å². The normalized spacial score (nSPS) is 17.9. The van der Waals surface area contributed by atoms with E-state index in [0.29, 0.717) is 30.8 Å². The fraction of sp³-hybridized carbons (Fsp3) is 0.382. The average Bonchev–Trinajstić information content (AvgIpc) is 3.02. The molecule has 0 aromatic heterocycles. The number of aliphatic hydroxyl groups is 1. The number of hydrogen-bond acceptors (Lipinski definition) is 7. The van der Waals surface area contributed by atoms with Crippen LogP contribution in [0.1, 0.15) is 75.0 Å². The van der Waals surface area contributed by atoms with Gasteiger partial charge in [-0.1, -0.05) is 42.8 Å². The lowest BCUT2D eigenvalue weighted by Gasteiger charge is -2.36. The number of thioether (sulfide) groups is 1. The number of hydrogen-bond donors (Lipinski definition) is 4. The predicted molar refractivity (Wildman–Crippen MR) is 172 cm³/mol. The fourth-order valence-electron chi connectivity index (χ4n) is 4.85. The van der Waals surface area contributed by atoms with E-state index in [-0.39, 0.29) is 36.5 Å². The maximum atomic E-state index is 12.4. The minimum Gasteiger partial charge on any atom is -0.392 e. The Bertz CT molecular complexity index is 1370. The molecule has 0 radical (unpaired) electrons. The monoisotopic (exact) mass is 619 g/mol. The van der Waals surface area contributed by atoms with Crippen LogP contribution in [0.15, 0.2) is 77.7 Å². The molecule has 0 unspecified atom stereocenters. The number of unbranched alkanes of at least 4 members (excludes halogenated alkanes) is 2. The summed E-state index contributed by atoms with van der Waals surface area (Å²) in [4.78, 5) is 35.8. The van der Waals surface area contributed by atoms with Crippen molar-refractivity contribution >= 4 is 40.9 Å². The Morgan fingerprint density at radius 3 is 2.11 bits per heavy atom. The fourth-order valence-corrected chi connectivity index (χ4v) is 5.77. The van der Waals surface area contributed by atoms with Crippen LogP contribution in [-0.2, 0) is 30.5 Å². The molecule has 3 amide bonds. The third-order valence-electron chi connectivity index (χ3n) is 7.15. The molecule has 1 fully saturated rings. The summed E-state index contributed by atoms with van der Waals surface area (Å²) in [5, 5.41) is 18.0. The van der Waals surface area contributed by atoms with Gasteiger partial charge in [0.2, 0.25) is 17.7 Å². The maximum absolute atomic E-state index is 12.4. The standard InChI is InChI=1S/C34H41N3O6S/c1-23(39)35-19-5-3-4-6-33(41)37-29-13-11-27(12-14-29)34-42-30(20-32(43-34)26-9-7-25(21-38)8-10-26)22-44-31-17-15-28(16-18-31)36-24(2)40/h7-18,30,32,34,38H,3-6,19-22H2,1-2H3,(H,35,39)(H,36,40)(H,37,41)/t30-,32+,34+/m0/s1. The van der Waals surface area contributed by atoms with E-state index in [1.165, 1.54) is 13.8 Å². The van der Waals surface area contributed by atoms with Crippen molar-refractivity contribution in [3.63, 3.8) is 0 Å². The zero-order valence-electron chi connectivity index (χ0n) is 25.2. The van der Waals surface area contributed by atoms with E-state index < -0.39 is 6.29 Å². The molecule has 3 atom stereocenters. The number of nitrogens with one attached hydrogen (secondary N) is 3. The number of carbonyl (C=O) groups is 3. The molecular weight excluding hydrogens is 578 g/mol. The SMILES string of the molecule is CC(=O)NCCCCCC(=O)Nc1ccc([C@@H]2O[C@H](CSc3ccc(NC(C)=O)cc3)C[C@H](c3ccc(CO)cc3)O2)cc1. The summed E-state index contributed by atoms with van der Waals surface area (Å²) in [5.74, 6) is 0.523. The minimum atomic E-state index is -0.590.